The van der Waals surface area contributed by atoms with Crippen LogP contribution in [0.3, 0.4) is 0 Å². The lowest BCUT2D eigenvalue weighted by atomic mass is 9.98. The van der Waals surface area contributed by atoms with Crippen molar-refractivity contribution in [3.8, 4) is 11.1 Å². The quantitative estimate of drug-likeness (QED) is 0.782. The maximum absolute atomic E-state index is 11.5. The van der Waals surface area contributed by atoms with Gasteiger partial charge in [-0.05, 0) is 23.3 Å². The second kappa shape index (κ2) is 3.45. The molecule has 0 bridgehead atoms. The fourth-order valence-electron chi connectivity index (χ4n) is 2.05. The van der Waals surface area contributed by atoms with Crippen molar-refractivity contribution in [3.63, 3.8) is 0 Å². The lowest BCUT2D eigenvalue weighted by Gasteiger charge is -2.05. The lowest BCUT2D eigenvalue weighted by Crippen LogP contribution is -2.12. The molecule has 1 N–H and O–H groups in total. The van der Waals surface area contributed by atoms with Crippen LogP contribution in [0, 0.1) is 0 Å². The van der Waals surface area contributed by atoms with Crippen molar-refractivity contribution < 1.29 is 4.79 Å². The highest BCUT2D eigenvalue weighted by atomic mass is 16.1. The van der Waals surface area contributed by atoms with Crippen LogP contribution in [0.2, 0.25) is 0 Å². The first kappa shape index (κ1) is 9.09. The Morgan fingerprint density at radius 2 is 2.00 bits per heavy atom. The van der Waals surface area contributed by atoms with Crippen LogP contribution in [0.15, 0.2) is 42.7 Å². The minimum atomic E-state index is 0.0146. The van der Waals surface area contributed by atoms with Gasteiger partial charge in [0.2, 0.25) is 0 Å². The SMILES string of the molecule is O=C1NCc2c1cccc2-c1cccnc1. The van der Waals surface area contributed by atoms with E-state index >= 15 is 0 Å². The molecule has 78 valence electrons. The van der Waals surface area contributed by atoms with Gasteiger partial charge in [0.25, 0.3) is 5.91 Å². The fourth-order valence-corrected chi connectivity index (χ4v) is 2.05. The summed E-state index contributed by atoms with van der Waals surface area (Å²) in [6.07, 6.45) is 3.56. The highest BCUT2D eigenvalue weighted by Crippen LogP contribution is 2.28. The summed E-state index contributed by atoms with van der Waals surface area (Å²) in [6, 6.07) is 9.70. The number of hydrogen-bond acceptors (Lipinski definition) is 2. The second-order valence-electron chi connectivity index (χ2n) is 3.76. The molecule has 1 aromatic heterocycles. The third-order valence-electron chi connectivity index (χ3n) is 2.82. The van der Waals surface area contributed by atoms with E-state index in [0.717, 1.165) is 22.3 Å². The molecule has 3 rings (SSSR count). The predicted octanol–water partition coefficient (Wildman–Crippen LogP) is 1.99. The molecule has 2 heterocycles. The van der Waals surface area contributed by atoms with Gasteiger partial charge in [-0.15, -0.1) is 0 Å². The molecule has 1 aliphatic heterocycles. The van der Waals surface area contributed by atoms with Gasteiger partial charge in [-0.2, -0.15) is 0 Å². The maximum atomic E-state index is 11.5. The standard InChI is InChI=1S/C13H10N2O/c16-13-11-5-1-4-10(12(11)8-15-13)9-3-2-6-14-7-9/h1-7H,8H2,(H,15,16). The van der Waals surface area contributed by atoms with Gasteiger partial charge in [-0.3, -0.25) is 9.78 Å². The molecule has 0 radical (unpaired) electrons. The van der Waals surface area contributed by atoms with Crippen molar-refractivity contribution in [2.45, 2.75) is 6.54 Å². The smallest absolute Gasteiger partial charge is 0.251 e. The Morgan fingerprint density at radius 1 is 1.12 bits per heavy atom. The summed E-state index contributed by atoms with van der Waals surface area (Å²) < 4.78 is 0. The first-order valence-corrected chi connectivity index (χ1v) is 5.17. The zero-order valence-corrected chi connectivity index (χ0v) is 8.60. The van der Waals surface area contributed by atoms with E-state index in [9.17, 15) is 4.79 Å². The van der Waals surface area contributed by atoms with Gasteiger partial charge in [0.1, 0.15) is 0 Å². The van der Waals surface area contributed by atoms with Crippen LogP contribution in [-0.4, -0.2) is 10.9 Å². The predicted molar refractivity (Wildman–Crippen MR) is 60.8 cm³/mol. The van der Waals surface area contributed by atoms with E-state index in [2.05, 4.69) is 10.3 Å². The van der Waals surface area contributed by atoms with Gasteiger partial charge in [0, 0.05) is 30.1 Å². The summed E-state index contributed by atoms with van der Waals surface area (Å²) in [5.41, 5.74) is 3.99. The normalized spacial score (nSPS) is 13.4. The molecule has 1 amide bonds. The highest BCUT2D eigenvalue weighted by Gasteiger charge is 2.21. The van der Waals surface area contributed by atoms with Gasteiger partial charge in [0.15, 0.2) is 0 Å². The van der Waals surface area contributed by atoms with Crippen LogP contribution in [0.5, 0.6) is 0 Å². The molecule has 0 aliphatic carbocycles. The molecule has 3 nitrogen and oxygen atoms in total. The van der Waals surface area contributed by atoms with E-state index in [-0.39, 0.29) is 5.91 Å². The van der Waals surface area contributed by atoms with Crippen molar-refractivity contribution in [2.75, 3.05) is 0 Å². The van der Waals surface area contributed by atoms with E-state index in [1.807, 2.05) is 36.5 Å². The highest BCUT2D eigenvalue weighted by molar-refractivity contribution is 6.00. The monoisotopic (exact) mass is 210 g/mol. The molecular formula is C13H10N2O. The molecule has 0 spiro atoms. The largest absolute Gasteiger partial charge is 0.348 e. The number of benzene rings is 1. The molecule has 0 fully saturated rings. The van der Waals surface area contributed by atoms with Crippen molar-refractivity contribution in [3.05, 3.63) is 53.9 Å². The van der Waals surface area contributed by atoms with Crippen molar-refractivity contribution in [1.82, 2.24) is 10.3 Å². The summed E-state index contributed by atoms with van der Waals surface area (Å²) in [6.45, 7) is 0.610. The molecule has 0 saturated carbocycles. The summed E-state index contributed by atoms with van der Waals surface area (Å²) in [4.78, 5) is 15.6. The zero-order chi connectivity index (χ0) is 11.0. The van der Waals surface area contributed by atoms with Crippen LogP contribution in [0.25, 0.3) is 11.1 Å². The van der Waals surface area contributed by atoms with Crippen LogP contribution in [0.4, 0.5) is 0 Å². The molecule has 3 heteroatoms. The van der Waals surface area contributed by atoms with Crippen molar-refractivity contribution in [1.29, 1.82) is 0 Å². The molecule has 1 aliphatic rings. The van der Waals surface area contributed by atoms with Gasteiger partial charge in [-0.25, -0.2) is 0 Å². The van der Waals surface area contributed by atoms with E-state index in [1.54, 1.807) is 6.20 Å². The summed E-state index contributed by atoms with van der Waals surface area (Å²) in [5.74, 6) is 0.0146. The second-order valence-corrected chi connectivity index (χ2v) is 3.76. The van der Waals surface area contributed by atoms with Gasteiger partial charge >= 0.3 is 0 Å². The third-order valence-corrected chi connectivity index (χ3v) is 2.82. The number of nitrogens with zero attached hydrogens (tertiary/aromatic N) is 1. The van der Waals surface area contributed by atoms with Crippen molar-refractivity contribution >= 4 is 5.91 Å². The molecule has 16 heavy (non-hydrogen) atoms. The van der Waals surface area contributed by atoms with E-state index < -0.39 is 0 Å². The Kier molecular flexibility index (Phi) is 1.96. The summed E-state index contributed by atoms with van der Waals surface area (Å²) in [7, 11) is 0. The number of pyridine rings is 1. The van der Waals surface area contributed by atoms with Crippen LogP contribution < -0.4 is 5.32 Å². The fraction of sp³-hybridized carbons (Fsp3) is 0.0769. The van der Waals surface area contributed by atoms with Crippen LogP contribution in [0.1, 0.15) is 15.9 Å². The Balaban J connectivity index is 2.20. The Bertz CT molecular complexity index is 549. The summed E-state index contributed by atoms with van der Waals surface area (Å²) >= 11 is 0. The number of hydrogen-bond donors (Lipinski definition) is 1. The lowest BCUT2D eigenvalue weighted by molar-refractivity contribution is 0.0966. The number of fused-ring (bicyclic) bond motifs is 1. The number of amides is 1. The maximum Gasteiger partial charge on any atom is 0.251 e. The van der Waals surface area contributed by atoms with Crippen molar-refractivity contribution in [2.24, 2.45) is 0 Å². The first-order valence-electron chi connectivity index (χ1n) is 5.17. The minimum Gasteiger partial charge on any atom is -0.348 e. The van der Waals surface area contributed by atoms with Gasteiger partial charge < -0.3 is 5.32 Å². The topological polar surface area (TPSA) is 42.0 Å². The third kappa shape index (κ3) is 1.29. The van der Waals surface area contributed by atoms with E-state index in [4.69, 9.17) is 0 Å². The number of aromatic nitrogens is 1. The van der Waals surface area contributed by atoms with Crippen LogP contribution in [-0.2, 0) is 6.54 Å². The Morgan fingerprint density at radius 3 is 2.81 bits per heavy atom. The van der Waals surface area contributed by atoms with Gasteiger partial charge in [-0.1, -0.05) is 18.2 Å². The molecule has 0 atom stereocenters. The van der Waals surface area contributed by atoms with Gasteiger partial charge in [0.05, 0.1) is 0 Å². The molecule has 1 aromatic carbocycles. The van der Waals surface area contributed by atoms with E-state index in [1.165, 1.54) is 0 Å². The minimum absolute atomic E-state index is 0.0146. The number of rotatable bonds is 1. The van der Waals surface area contributed by atoms with E-state index in [0.29, 0.717) is 6.54 Å². The molecule has 0 saturated heterocycles. The number of nitrogens with one attached hydrogen (secondary N) is 1. The van der Waals surface area contributed by atoms with Crippen LogP contribution >= 0.6 is 0 Å². The number of carbonyl (C=O) groups is 1. The summed E-state index contributed by atoms with van der Waals surface area (Å²) in [5, 5.41) is 2.84. The molecular weight excluding hydrogens is 200 g/mol. The zero-order valence-electron chi connectivity index (χ0n) is 8.60. The average molecular weight is 210 g/mol. The first-order chi connectivity index (χ1) is 7.86. The number of carbonyl (C=O) groups excluding carboxylic acids is 1. The molecule has 2 aromatic rings. The average Bonchev–Trinajstić information content (AvgIpc) is 2.73. The molecule has 0 unspecified atom stereocenters. The Labute approximate surface area is 93.1 Å². The Hall–Kier alpha value is -2.16.